The van der Waals surface area contributed by atoms with Gasteiger partial charge in [0, 0.05) is 13.2 Å². The fraction of sp³-hybridized carbons (Fsp3) is 0.643. The van der Waals surface area contributed by atoms with Crippen molar-refractivity contribution in [3.05, 3.63) is 12.1 Å². The molecule has 0 aromatic carbocycles. The highest BCUT2D eigenvalue weighted by molar-refractivity contribution is 5.53. The first-order chi connectivity index (χ1) is 9.13. The maximum absolute atomic E-state index is 8.69. The molecule has 0 saturated heterocycles. The molecular weight excluding hydrogens is 242 g/mol. The van der Waals surface area contributed by atoms with Gasteiger partial charge in [-0.2, -0.15) is 4.98 Å². The van der Waals surface area contributed by atoms with Crippen molar-refractivity contribution in [2.45, 2.75) is 33.1 Å². The van der Waals surface area contributed by atoms with Crippen LogP contribution < -0.4 is 15.8 Å². The Balaban J connectivity index is 2.43. The SMILES string of the molecule is CC(C)COc1nc(NCCCCCO)ccc1N. The third kappa shape index (κ3) is 6.29. The zero-order valence-electron chi connectivity index (χ0n) is 11.9. The van der Waals surface area contributed by atoms with E-state index in [-0.39, 0.29) is 6.61 Å². The monoisotopic (exact) mass is 267 g/mol. The van der Waals surface area contributed by atoms with E-state index < -0.39 is 0 Å². The standard InChI is InChI=1S/C14H25N3O2/c1-11(2)10-19-14-12(15)6-7-13(17-14)16-8-4-3-5-9-18/h6-7,11,18H,3-5,8-10,15H2,1-2H3,(H,16,17). The Morgan fingerprint density at radius 3 is 2.79 bits per heavy atom. The lowest BCUT2D eigenvalue weighted by Gasteiger charge is -2.12. The van der Waals surface area contributed by atoms with Gasteiger partial charge in [0.15, 0.2) is 0 Å². The minimum atomic E-state index is 0.257. The van der Waals surface area contributed by atoms with Gasteiger partial charge in [0.25, 0.3) is 0 Å². The van der Waals surface area contributed by atoms with Crippen molar-refractivity contribution in [1.82, 2.24) is 4.98 Å². The Morgan fingerprint density at radius 2 is 2.11 bits per heavy atom. The van der Waals surface area contributed by atoms with Crippen LogP contribution >= 0.6 is 0 Å². The first kappa shape index (κ1) is 15.6. The van der Waals surface area contributed by atoms with Crippen LogP contribution in [0.25, 0.3) is 0 Å². The van der Waals surface area contributed by atoms with Crippen molar-refractivity contribution in [1.29, 1.82) is 0 Å². The fourth-order valence-electron chi connectivity index (χ4n) is 1.54. The molecule has 0 atom stereocenters. The second-order valence-electron chi connectivity index (χ2n) is 5.01. The van der Waals surface area contributed by atoms with Crippen molar-refractivity contribution in [2.24, 2.45) is 5.92 Å². The molecule has 108 valence electrons. The fourth-order valence-corrected chi connectivity index (χ4v) is 1.54. The number of pyridine rings is 1. The average Bonchev–Trinajstić information content (AvgIpc) is 2.38. The van der Waals surface area contributed by atoms with E-state index >= 15 is 0 Å². The van der Waals surface area contributed by atoms with Gasteiger partial charge in [0.1, 0.15) is 5.82 Å². The first-order valence-corrected chi connectivity index (χ1v) is 6.87. The van der Waals surface area contributed by atoms with Gasteiger partial charge in [-0.05, 0) is 37.3 Å². The summed E-state index contributed by atoms with van der Waals surface area (Å²) < 4.78 is 5.57. The molecule has 5 nitrogen and oxygen atoms in total. The summed E-state index contributed by atoms with van der Waals surface area (Å²) in [5, 5.41) is 11.9. The number of anilines is 2. The second-order valence-corrected chi connectivity index (χ2v) is 5.01. The molecule has 0 unspecified atom stereocenters. The number of hydrogen-bond acceptors (Lipinski definition) is 5. The van der Waals surface area contributed by atoms with E-state index in [0.717, 1.165) is 31.6 Å². The van der Waals surface area contributed by atoms with Gasteiger partial charge in [-0.1, -0.05) is 13.8 Å². The first-order valence-electron chi connectivity index (χ1n) is 6.87. The molecule has 0 bridgehead atoms. The predicted molar refractivity (Wildman–Crippen MR) is 78.4 cm³/mol. The number of nitrogens with one attached hydrogen (secondary N) is 1. The topological polar surface area (TPSA) is 80.4 Å². The van der Waals surface area contributed by atoms with Gasteiger partial charge in [-0.25, -0.2) is 0 Å². The van der Waals surface area contributed by atoms with Gasteiger partial charge < -0.3 is 20.9 Å². The van der Waals surface area contributed by atoms with Crippen LogP contribution in [-0.2, 0) is 0 Å². The van der Waals surface area contributed by atoms with Crippen LogP contribution in [0.5, 0.6) is 5.88 Å². The average molecular weight is 267 g/mol. The van der Waals surface area contributed by atoms with Gasteiger partial charge >= 0.3 is 0 Å². The van der Waals surface area contributed by atoms with Crippen molar-refractivity contribution >= 4 is 11.5 Å². The summed E-state index contributed by atoms with van der Waals surface area (Å²) in [6.07, 6.45) is 2.86. The minimum Gasteiger partial charge on any atom is -0.476 e. The molecule has 1 aromatic rings. The molecule has 0 amide bonds. The van der Waals surface area contributed by atoms with E-state index in [4.69, 9.17) is 15.6 Å². The van der Waals surface area contributed by atoms with E-state index in [2.05, 4.69) is 24.1 Å². The summed E-state index contributed by atoms with van der Waals surface area (Å²) in [6, 6.07) is 3.66. The number of rotatable bonds is 9. The molecule has 0 saturated carbocycles. The molecule has 0 aliphatic rings. The van der Waals surface area contributed by atoms with E-state index in [0.29, 0.717) is 24.1 Å². The summed E-state index contributed by atoms with van der Waals surface area (Å²) >= 11 is 0. The highest BCUT2D eigenvalue weighted by atomic mass is 16.5. The van der Waals surface area contributed by atoms with Crippen LogP contribution in [0, 0.1) is 5.92 Å². The highest BCUT2D eigenvalue weighted by Crippen LogP contribution is 2.21. The molecule has 0 aliphatic heterocycles. The molecule has 0 spiro atoms. The van der Waals surface area contributed by atoms with Crippen molar-refractivity contribution in [3.63, 3.8) is 0 Å². The lowest BCUT2D eigenvalue weighted by Crippen LogP contribution is -2.09. The van der Waals surface area contributed by atoms with E-state index in [1.165, 1.54) is 0 Å². The van der Waals surface area contributed by atoms with Crippen LogP contribution in [0.15, 0.2) is 12.1 Å². The van der Waals surface area contributed by atoms with Crippen LogP contribution in [0.4, 0.5) is 11.5 Å². The van der Waals surface area contributed by atoms with Gasteiger partial charge in [-0.15, -0.1) is 0 Å². The third-order valence-electron chi connectivity index (χ3n) is 2.58. The summed E-state index contributed by atoms with van der Waals surface area (Å²) in [5.74, 6) is 1.71. The number of nitrogens with two attached hydrogens (primary N) is 1. The molecule has 1 rings (SSSR count). The number of nitrogen functional groups attached to an aromatic ring is 1. The minimum absolute atomic E-state index is 0.257. The van der Waals surface area contributed by atoms with Crippen LogP contribution in [0.3, 0.4) is 0 Å². The number of aliphatic hydroxyl groups excluding tert-OH is 1. The number of ether oxygens (including phenoxy) is 1. The van der Waals surface area contributed by atoms with Crippen LogP contribution in [0.1, 0.15) is 33.1 Å². The lowest BCUT2D eigenvalue weighted by molar-refractivity contribution is 0.263. The molecular formula is C14H25N3O2. The zero-order valence-corrected chi connectivity index (χ0v) is 11.9. The quantitative estimate of drug-likeness (QED) is 0.598. The predicted octanol–water partition coefficient (Wildman–Crippen LogP) is 2.27. The third-order valence-corrected chi connectivity index (χ3v) is 2.58. The molecule has 1 heterocycles. The molecule has 0 aliphatic carbocycles. The van der Waals surface area contributed by atoms with Gasteiger partial charge in [-0.3, -0.25) is 0 Å². The van der Waals surface area contributed by atoms with Gasteiger partial charge in [0.2, 0.25) is 5.88 Å². The Bertz CT molecular complexity index is 370. The molecule has 19 heavy (non-hydrogen) atoms. The van der Waals surface area contributed by atoms with E-state index in [1.807, 2.05) is 6.07 Å². The molecule has 4 N–H and O–H groups in total. The van der Waals surface area contributed by atoms with Crippen molar-refractivity contribution in [2.75, 3.05) is 30.8 Å². The molecule has 5 heteroatoms. The zero-order chi connectivity index (χ0) is 14.1. The molecule has 0 radical (unpaired) electrons. The number of aliphatic hydroxyl groups is 1. The smallest absolute Gasteiger partial charge is 0.239 e. The summed E-state index contributed by atoms with van der Waals surface area (Å²) in [7, 11) is 0. The number of aromatic nitrogens is 1. The number of hydrogen-bond donors (Lipinski definition) is 3. The Labute approximate surface area is 115 Å². The maximum Gasteiger partial charge on any atom is 0.239 e. The molecule has 0 fully saturated rings. The Kier molecular flexibility index (Phi) is 7.03. The summed E-state index contributed by atoms with van der Waals surface area (Å²) in [6.45, 7) is 5.86. The van der Waals surface area contributed by atoms with E-state index in [9.17, 15) is 0 Å². The largest absolute Gasteiger partial charge is 0.476 e. The lowest BCUT2D eigenvalue weighted by atomic mass is 10.2. The normalized spacial score (nSPS) is 10.7. The van der Waals surface area contributed by atoms with Crippen LogP contribution in [-0.4, -0.2) is 29.8 Å². The van der Waals surface area contributed by atoms with E-state index in [1.54, 1.807) is 6.07 Å². The number of nitrogens with zero attached hydrogens (tertiary/aromatic N) is 1. The maximum atomic E-state index is 8.69. The second kappa shape index (κ2) is 8.58. The Morgan fingerprint density at radius 1 is 1.32 bits per heavy atom. The highest BCUT2D eigenvalue weighted by Gasteiger charge is 2.05. The summed E-state index contributed by atoms with van der Waals surface area (Å²) in [4.78, 5) is 4.35. The van der Waals surface area contributed by atoms with Crippen molar-refractivity contribution < 1.29 is 9.84 Å². The number of unbranched alkanes of at least 4 members (excludes halogenated alkanes) is 2. The summed E-state index contributed by atoms with van der Waals surface area (Å²) in [5.41, 5.74) is 6.39. The Hall–Kier alpha value is -1.49. The van der Waals surface area contributed by atoms with Crippen LogP contribution in [0.2, 0.25) is 0 Å². The molecule has 1 aromatic heterocycles. The van der Waals surface area contributed by atoms with Gasteiger partial charge in [0.05, 0.1) is 12.3 Å². The van der Waals surface area contributed by atoms with Crippen molar-refractivity contribution in [3.8, 4) is 5.88 Å².